The minimum Gasteiger partial charge on any atom is -0.508 e. The number of hydroxylamine groups is 2. The van der Waals surface area contributed by atoms with Crippen LogP contribution in [0.25, 0.3) is 0 Å². The predicted octanol–water partition coefficient (Wildman–Crippen LogP) is 0.761. The number of hydrogen-bond acceptors (Lipinski definition) is 4. The molecule has 0 atom stereocenters. The Morgan fingerprint density at radius 2 is 1.75 bits per heavy atom. The molecule has 1 rings (SSSR count). The first-order valence-corrected chi connectivity index (χ1v) is 6.43. The third-order valence-electron chi connectivity index (χ3n) is 1.94. The Hall–Kier alpha value is -0.910. The molecule has 0 radical (unpaired) electrons. The maximum Gasteiger partial charge on any atom is 0.341 e. The van der Waals surface area contributed by atoms with Crippen molar-refractivity contribution in [3.8, 4) is 5.75 Å². The summed E-state index contributed by atoms with van der Waals surface area (Å²) in [6.45, 7) is 0.121. The smallest absolute Gasteiger partial charge is 0.341 e. The molecule has 0 heterocycles. The van der Waals surface area contributed by atoms with E-state index in [2.05, 4.69) is 0 Å². The van der Waals surface area contributed by atoms with Crippen molar-refractivity contribution in [2.24, 2.45) is 0 Å². The molecule has 16 heavy (non-hydrogen) atoms. The number of nitrogens with zero attached hydrogens (tertiary/aromatic N) is 1. The van der Waals surface area contributed by atoms with E-state index >= 15 is 0 Å². The van der Waals surface area contributed by atoms with Crippen LogP contribution >= 0.6 is 7.60 Å². The summed E-state index contributed by atoms with van der Waals surface area (Å²) < 4.78 is 10.6. The van der Waals surface area contributed by atoms with Gasteiger partial charge < -0.3 is 20.1 Å². The molecule has 1 aromatic carbocycles. The van der Waals surface area contributed by atoms with Gasteiger partial charge in [-0.1, -0.05) is 12.1 Å². The van der Waals surface area contributed by atoms with Gasteiger partial charge in [0, 0.05) is 6.54 Å². The predicted molar refractivity (Wildman–Crippen MR) is 57.2 cm³/mol. The highest BCUT2D eigenvalue weighted by Crippen LogP contribution is 2.34. The summed E-state index contributed by atoms with van der Waals surface area (Å²) in [5, 5.41) is 18.8. The van der Waals surface area contributed by atoms with Gasteiger partial charge >= 0.3 is 7.60 Å². The summed E-state index contributed by atoms with van der Waals surface area (Å²) in [4.78, 5) is 17.2. The Kier molecular flexibility index (Phi) is 4.46. The molecule has 0 aromatic heterocycles. The third kappa shape index (κ3) is 5.25. The van der Waals surface area contributed by atoms with E-state index in [0.29, 0.717) is 11.5 Å². The first kappa shape index (κ1) is 13.2. The Morgan fingerprint density at radius 3 is 2.25 bits per heavy atom. The van der Waals surface area contributed by atoms with E-state index in [1.54, 1.807) is 12.1 Å². The van der Waals surface area contributed by atoms with Crippen LogP contribution in [0.15, 0.2) is 24.3 Å². The van der Waals surface area contributed by atoms with Crippen LogP contribution in [0, 0.1) is 0 Å². The highest BCUT2D eigenvalue weighted by atomic mass is 31.2. The highest BCUT2D eigenvalue weighted by molar-refractivity contribution is 7.51. The van der Waals surface area contributed by atoms with Crippen molar-refractivity contribution in [1.29, 1.82) is 0 Å². The summed E-state index contributed by atoms with van der Waals surface area (Å²) in [5.41, 5.74) is 0.863. The van der Waals surface area contributed by atoms with Gasteiger partial charge in [0.15, 0.2) is 0 Å². The summed E-state index contributed by atoms with van der Waals surface area (Å²) in [5.74, 6) is 0.153. The minimum absolute atomic E-state index is 0.121. The van der Waals surface area contributed by atoms with Crippen LogP contribution in [0.5, 0.6) is 5.75 Å². The van der Waals surface area contributed by atoms with E-state index in [0.717, 1.165) is 5.56 Å². The number of benzene rings is 1. The van der Waals surface area contributed by atoms with Crippen LogP contribution in [0.4, 0.5) is 0 Å². The normalized spacial score (nSPS) is 12.0. The molecule has 1 aromatic rings. The van der Waals surface area contributed by atoms with Gasteiger partial charge in [-0.05, 0) is 24.1 Å². The summed E-state index contributed by atoms with van der Waals surface area (Å²) in [6, 6.07) is 6.39. The van der Waals surface area contributed by atoms with Gasteiger partial charge in [0.2, 0.25) is 0 Å². The molecule has 0 unspecified atom stereocenters. The zero-order valence-electron chi connectivity index (χ0n) is 8.52. The average Bonchev–Trinajstić information content (AvgIpc) is 2.14. The Balaban J connectivity index is 2.40. The molecule has 6 nitrogen and oxygen atoms in total. The molecule has 0 aliphatic rings. The maximum absolute atomic E-state index is 10.6. The number of phenolic OH excluding ortho intramolecular Hbond substituents is 1. The van der Waals surface area contributed by atoms with Gasteiger partial charge in [-0.15, -0.1) is 0 Å². The van der Waals surface area contributed by atoms with Crippen LogP contribution in [0.3, 0.4) is 0 Å². The lowest BCUT2D eigenvalue weighted by atomic mass is 10.1. The van der Waals surface area contributed by atoms with Gasteiger partial charge in [0.05, 0.1) is 0 Å². The van der Waals surface area contributed by atoms with Gasteiger partial charge in [-0.3, -0.25) is 4.57 Å². The van der Waals surface area contributed by atoms with Crippen LogP contribution in [0.2, 0.25) is 0 Å². The monoisotopic (exact) mass is 247 g/mol. The van der Waals surface area contributed by atoms with Crippen LogP contribution < -0.4 is 0 Å². The molecule has 0 spiro atoms. The second-order valence-corrected chi connectivity index (χ2v) is 5.06. The van der Waals surface area contributed by atoms with E-state index in [9.17, 15) is 9.77 Å². The molecular formula is C9H14NO5P. The summed E-state index contributed by atoms with van der Waals surface area (Å²) in [6.07, 6.45) is -0.234. The summed E-state index contributed by atoms with van der Waals surface area (Å²) >= 11 is 0. The number of rotatable bonds is 5. The second kappa shape index (κ2) is 5.43. The fraction of sp³-hybridized carbons (Fsp3) is 0.333. The van der Waals surface area contributed by atoms with E-state index in [4.69, 9.17) is 14.9 Å². The Morgan fingerprint density at radius 1 is 1.19 bits per heavy atom. The van der Waals surface area contributed by atoms with Gasteiger partial charge in [0.1, 0.15) is 12.0 Å². The van der Waals surface area contributed by atoms with Crippen LogP contribution in [0.1, 0.15) is 5.56 Å². The third-order valence-corrected chi connectivity index (χ3v) is 2.64. The molecule has 0 saturated carbocycles. The Labute approximate surface area is 92.9 Å². The van der Waals surface area contributed by atoms with Crippen molar-refractivity contribution in [1.82, 2.24) is 5.06 Å². The van der Waals surface area contributed by atoms with E-state index in [1.807, 2.05) is 0 Å². The molecule has 0 aliphatic carbocycles. The first-order valence-electron chi connectivity index (χ1n) is 4.63. The molecule has 0 amide bonds. The molecule has 0 fully saturated rings. The highest BCUT2D eigenvalue weighted by Gasteiger charge is 2.17. The Bertz CT molecular complexity index is 374. The molecule has 7 heteroatoms. The van der Waals surface area contributed by atoms with Crippen molar-refractivity contribution in [2.45, 2.75) is 6.42 Å². The van der Waals surface area contributed by atoms with Crippen LogP contribution in [-0.4, -0.2) is 38.0 Å². The number of phenols is 1. The maximum atomic E-state index is 10.6. The SMILES string of the molecule is O=P(O)(O)CN(O)CCc1ccc(O)cc1. The quantitative estimate of drug-likeness (QED) is 0.452. The van der Waals surface area contributed by atoms with Gasteiger partial charge in [-0.25, -0.2) is 0 Å². The van der Waals surface area contributed by atoms with Gasteiger partial charge in [-0.2, -0.15) is 5.06 Å². The molecular weight excluding hydrogens is 233 g/mol. The lowest BCUT2D eigenvalue weighted by molar-refractivity contribution is -0.0760. The van der Waals surface area contributed by atoms with Crippen molar-refractivity contribution in [3.63, 3.8) is 0 Å². The largest absolute Gasteiger partial charge is 0.508 e. The molecule has 4 N–H and O–H groups in total. The molecule has 0 aliphatic heterocycles. The first-order chi connectivity index (χ1) is 7.37. The van der Waals surface area contributed by atoms with E-state index < -0.39 is 13.9 Å². The second-order valence-electron chi connectivity index (χ2n) is 3.45. The topological polar surface area (TPSA) is 101 Å². The summed E-state index contributed by atoms with van der Waals surface area (Å²) in [7, 11) is -4.22. The zero-order chi connectivity index (χ0) is 12.2. The lowest BCUT2D eigenvalue weighted by Gasteiger charge is -2.15. The van der Waals surface area contributed by atoms with Crippen molar-refractivity contribution < 1.29 is 24.7 Å². The fourth-order valence-electron chi connectivity index (χ4n) is 1.20. The van der Waals surface area contributed by atoms with Crippen molar-refractivity contribution in [2.75, 3.05) is 12.8 Å². The van der Waals surface area contributed by atoms with E-state index in [1.165, 1.54) is 12.1 Å². The van der Waals surface area contributed by atoms with Crippen molar-refractivity contribution in [3.05, 3.63) is 29.8 Å². The number of aromatic hydroxyl groups is 1. The minimum atomic E-state index is -4.22. The van der Waals surface area contributed by atoms with Crippen molar-refractivity contribution >= 4 is 7.60 Å². The fourth-order valence-corrected chi connectivity index (χ4v) is 1.77. The molecule has 0 saturated heterocycles. The molecule has 90 valence electrons. The lowest BCUT2D eigenvalue weighted by Crippen LogP contribution is -2.23. The standard InChI is InChI=1S/C9H14NO5P/c11-9-3-1-8(2-4-9)5-6-10(12)7-16(13,14)15/h1-4,11-12H,5-7H2,(H2,13,14,15). The molecule has 0 bridgehead atoms. The van der Waals surface area contributed by atoms with Gasteiger partial charge in [0.25, 0.3) is 0 Å². The van der Waals surface area contributed by atoms with Crippen LogP contribution in [-0.2, 0) is 11.0 Å². The average molecular weight is 247 g/mol. The number of hydrogen-bond donors (Lipinski definition) is 4. The van der Waals surface area contributed by atoms with E-state index in [-0.39, 0.29) is 12.3 Å². The zero-order valence-corrected chi connectivity index (χ0v) is 9.42.